The summed E-state index contributed by atoms with van der Waals surface area (Å²) in [5.74, 6) is 0.409. The van der Waals surface area contributed by atoms with Gasteiger partial charge in [0.2, 0.25) is 0 Å². The molecular weight excluding hydrogens is 216 g/mol. The monoisotopic (exact) mass is 238 g/mol. The molecule has 0 spiro atoms. The van der Waals surface area contributed by atoms with E-state index in [-0.39, 0.29) is 18.2 Å². The van der Waals surface area contributed by atoms with E-state index in [2.05, 4.69) is 6.58 Å². The smallest absolute Gasteiger partial charge is 0.333 e. The third-order valence-corrected chi connectivity index (χ3v) is 4.20. The zero-order valence-corrected chi connectivity index (χ0v) is 10.5. The Morgan fingerprint density at radius 2 is 1.82 bits per heavy atom. The van der Waals surface area contributed by atoms with Crippen LogP contribution in [0.2, 0.25) is 0 Å². The zero-order chi connectivity index (χ0) is 12.4. The van der Waals surface area contributed by atoms with Gasteiger partial charge in [0.15, 0.2) is 0 Å². The second-order valence-electron chi connectivity index (χ2n) is 5.48. The number of aliphatic hydroxyl groups excluding tert-OH is 1. The molecule has 2 saturated carbocycles. The molecule has 0 aromatic heterocycles. The molecule has 3 nitrogen and oxygen atoms in total. The van der Waals surface area contributed by atoms with Gasteiger partial charge in [-0.15, -0.1) is 0 Å². The van der Waals surface area contributed by atoms with Crippen LogP contribution in [-0.4, -0.2) is 23.3 Å². The van der Waals surface area contributed by atoms with Crippen molar-refractivity contribution < 1.29 is 14.6 Å². The summed E-state index contributed by atoms with van der Waals surface area (Å²) in [5.41, 5.74) is 0.462. The second-order valence-corrected chi connectivity index (χ2v) is 5.48. The molecule has 2 aliphatic rings. The van der Waals surface area contributed by atoms with Crippen LogP contribution in [-0.2, 0) is 9.53 Å². The summed E-state index contributed by atoms with van der Waals surface area (Å²) in [4.78, 5) is 11.6. The van der Waals surface area contributed by atoms with Crippen LogP contribution in [0.5, 0.6) is 0 Å². The highest BCUT2D eigenvalue weighted by atomic mass is 16.5. The van der Waals surface area contributed by atoms with Gasteiger partial charge in [0.1, 0.15) is 6.10 Å². The summed E-state index contributed by atoms with van der Waals surface area (Å²) in [5, 5.41) is 10.0. The van der Waals surface area contributed by atoms with Crippen molar-refractivity contribution in [3.05, 3.63) is 12.2 Å². The van der Waals surface area contributed by atoms with Crippen LogP contribution in [0.15, 0.2) is 12.2 Å². The van der Waals surface area contributed by atoms with Crippen LogP contribution >= 0.6 is 0 Å². The molecule has 0 aromatic carbocycles. The fourth-order valence-electron chi connectivity index (χ4n) is 3.28. The number of ether oxygens (including phenoxy) is 1. The Labute approximate surface area is 103 Å². The molecule has 0 heterocycles. The minimum absolute atomic E-state index is 0.00657. The van der Waals surface area contributed by atoms with Crippen molar-refractivity contribution in [2.75, 3.05) is 0 Å². The van der Waals surface area contributed by atoms with Gasteiger partial charge < -0.3 is 9.84 Å². The molecule has 0 saturated heterocycles. The Kier molecular flexibility index (Phi) is 3.87. The van der Waals surface area contributed by atoms with Crippen LogP contribution < -0.4 is 0 Å². The average molecular weight is 238 g/mol. The normalized spacial score (nSPS) is 37.1. The number of esters is 1. The van der Waals surface area contributed by atoms with Gasteiger partial charge in [-0.2, -0.15) is 0 Å². The Balaban J connectivity index is 2.02. The molecule has 0 aromatic rings. The molecule has 4 unspecified atom stereocenters. The van der Waals surface area contributed by atoms with Crippen molar-refractivity contribution in [1.29, 1.82) is 0 Å². The average Bonchev–Trinajstić information content (AvgIpc) is 2.33. The molecule has 1 N–H and O–H groups in total. The Hall–Kier alpha value is -0.830. The van der Waals surface area contributed by atoms with Gasteiger partial charge in [0.25, 0.3) is 0 Å². The van der Waals surface area contributed by atoms with Gasteiger partial charge in [-0.05, 0) is 38.5 Å². The van der Waals surface area contributed by atoms with Gasteiger partial charge in [0.05, 0.1) is 6.10 Å². The molecule has 0 aliphatic heterocycles. The van der Waals surface area contributed by atoms with E-state index < -0.39 is 0 Å². The number of hydrogen-bond donors (Lipinski definition) is 1. The summed E-state index contributed by atoms with van der Waals surface area (Å²) in [6.07, 6.45) is 5.89. The Bertz CT molecular complexity index is 311. The number of rotatable bonds is 2. The summed E-state index contributed by atoms with van der Waals surface area (Å²) in [6, 6.07) is 0. The Morgan fingerprint density at radius 1 is 1.18 bits per heavy atom. The fourth-order valence-corrected chi connectivity index (χ4v) is 3.28. The van der Waals surface area contributed by atoms with E-state index in [0.29, 0.717) is 17.4 Å². The first-order chi connectivity index (χ1) is 8.09. The molecule has 17 heavy (non-hydrogen) atoms. The third-order valence-electron chi connectivity index (χ3n) is 4.20. The van der Waals surface area contributed by atoms with E-state index in [0.717, 1.165) is 25.7 Å². The topological polar surface area (TPSA) is 46.5 Å². The van der Waals surface area contributed by atoms with Gasteiger partial charge in [-0.3, -0.25) is 0 Å². The molecule has 0 radical (unpaired) electrons. The summed E-state index contributed by atoms with van der Waals surface area (Å²) >= 11 is 0. The number of carbonyl (C=O) groups excluding carboxylic acids is 1. The quantitative estimate of drug-likeness (QED) is 0.593. The highest BCUT2D eigenvalue weighted by molar-refractivity contribution is 5.87. The lowest BCUT2D eigenvalue weighted by molar-refractivity contribution is -0.156. The lowest BCUT2D eigenvalue weighted by Gasteiger charge is -2.43. The van der Waals surface area contributed by atoms with Crippen molar-refractivity contribution in [1.82, 2.24) is 0 Å². The maximum absolute atomic E-state index is 11.6. The van der Waals surface area contributed by atoms with Crippen molar-refractivity contribution in [3.63, 3.8) is 0 Å². The van der Waals surface area contributed by atoms with E-state index in [1.807, 2.05) is 0 Å². The first kappa shape index (κ1) is 12.6. The second kappa shape index (κ2) is 5.21. The number of aliphatic hydroxyl groups is 1. The van der Waals surface area contributed by atoms with Gasteiger partial charge in [-0.25, -0.2) is 4.79 Å². The molecule has 3 heteroatoms. The minimum Gasteiger partial charge on any atom is -0.459 e. The SMILES string of the molecule is C=C(C)C(=O)OC1CCC(O)C2CCCCC12. The largest absolute Gasteiger partial charge is 0.459 e. The lowest BCUT2D eigenvalue weighted by atomic mass is 9.68. The van der Waals surface area contributed by atoms with Crippen LogP contribution in [0.25, 0.3) is 0 Å². The van der Waals surface area contributed by atoms with Crippen molar-refractivity contribution in [2.45, 2.75) is 57.7 Å². The van der Waals surface area contributed by atoms with Crippen LogP contribution in [0.1, 0.15) is 45.4 Å². The predicted molar refractivity (Wildman–Crippen MR) is 65.4 cm³/mol. The van der Waals surface area contributed by atoms with E-state index in [1.165, 1.54) is 12.8 Å². The first-order valence-electron chi connectivity index (χ1n) is 6.64. The maximum atomic E-state index is 11.6. The highest BCUT2D eigenvalue weighted by Crippen LogP contribution is 2.42. The van der Waals surface area contributed by atoms with E-state index in [1.54, 1.807) is 6.92 Å². The van der Waals surface area contributed by atoms with Gasteiger partial charge in [0, 0.05) is 11.5 Å². The van der Waals surface area contributed by atoms with Crippen molar-refractivity contribution in [2.24, 2.45) is 11.8 Å². The highest BCUT2D eigenvalue weighted by Gasteiger charge is 2.41. The molecular formula is C14H22O3. The summed E-state index contributed by atoms with van der Waals surface area (Å²) in [6.45, 7) is 5.29. The van der Waals surface area contributed by atoms with Crippen molar-refractivity contribution >= 4 is 5.97 Å². The number of fused-ring (bicyclic) bond motifs is 1. The van der Waals surface area contributed by atoms with Gasteiger partial charge >= 0.3 is 5.97 Å². The molecule has 2 aliphatic carbocycles. The zero-order valence-electron chi connectivity index (χ0n) is 10.5. The molecule has 4 atom stereocenters. The summed E-state index contributed by atoms with van der Waals surface area (Å²) < 4.78 is 5.52. The van der Waals surface area contributed by atoms with E-state index in [9.17, 15) is 9.90 Å². The fraction of sp³-hybridized carbons (Fsp3) is 0.786. The van der Waals surface area contributed by atoms with E-state index in [4.69, 9.17) is 4.74 Å². The van der Waals surface area contributed by atoms with Crippen molar-refractivity contribution in [3.8, 4) is 0 Å². The lowest BCUT2D eigenvalue weighted by Crippen LogP contribution is -2.44. The van der Waals surface area contributed by atoms with Crippen LogP contribution in [0.3, 0.4) is 0 Å². The van der Waals surface area contributed by atoms with E-state index >= 15 is 0 Å². The predicted octanol–water partition coefficient (Wildman–Crippen LogP) is 2.44. The number of carbonyl (C=O) groups is 1. The molecule has 2 rings (SSSR count). The Morgan fingerprint density at radius 3 is 2.47 bits per heavy atom. The van der Waals surface area contributed by atoms with Crippen LogP contribution in [0.4, 0.5) is 0 Å². The minimum atomic E-state index is -0.282. The van der Waals surface area contributed by atoms with Gasteiger partial charge in [-0.1, -0.05) is 19.4 Å². The number of hydrogen-bond acceptors (Lipinski definition) is 3. The molecule has 96 valence electrons. The molecule has 0 amide bonds. The van der Waals surface area contributed by atoms with Crippen LogP contribution in [0, 0.1) is 11.8 Å². The third kappa shape index (κ3) is 2.71. The summed E-state index contributed by atoms with van der Waals surface area (Å²) in [7, 11) is 0. The maximum Gasteiger partial charge on any atom is 0.333 e. The molecule has 2 fully saturated rings. The standard InChI is InChI=1S/C14H22O3/c1-9(2)14(16)17-13-8-7-12(15)10-5-3-4-6-11(10)13/h10-13,15H,1,3-8H2,2H3. The first-order valence-corrected chi connectivity index (χ1v) is 6.64. The molecule has 0 bridgehead atoms.